The minimum absolute atomic E-state index is 0.0307. The fourth-order valence-electron chi connectivity index (χ4n) is 2.91. The first-order valence-electron chi connectivity index (χ1n) is 7.80. The molecule has 2 aliphatic rings. The molecule has 0 radical (unpaired) electrons. The summed E-state index contributed by atoms with van der Waals surface area (Å²) >= 11 is 0. The van der Waals surface area contributed by atoms with Gasteiger partial charge in [-0.05, 0) is 32.9 Å². The zero-order valence-electron chi connectivity index (χ0n) is 12.8. The quantitative estimate of drug-likeness (QED) is 0.740. The van der Waals surface area contributed by atoms with Gasteiger partial charge in [0, 0.05) is 39.3 Å². The highest BCUT2D eigenvalue weighted by Gasteiger charge is 2.27. The third-order valence-corrected chi connectivity index (χ3v) is 4.41. The number of nitrogens with zero attached hydrogens (tertiary/aromatic N) is 3. The highest BCUT2D eigenvalue weighted by Crippen LogP contribution is 2.07. The molecule has 2 saturated heterocycles. The number of aliphatic carboxylic acids is 1. The first kappa shape index (κ1) is 16.0. The van der Waals surface area contributed by atoms with Gasteiger partial charge in [0.15, 0.2) is 0 Å². The Balaban J connectivity index is 1.64. The standard InChI is InChI=1S/C14H26N4O3/c1-12(13(19)20)17-8-10-18(11-9-17)14(21)15-4-7-16-5-2-3-6-16/h12H,2-11H2,1H3,(H,15,21)(H,19,20). The number of carboxylic acids is 1. The van der Waals surface area contributed by atoms with E-state index in [1.54, 1.807) is 11.8 Å². The molecule has 120 valence electrons. The number of likely N-dealkylation sites (tertiary alicyclic amines) is 1. The van der Waals surface area contributed by atoms with Gasteiger partial charge in [0.05, 0.1) is 0 Å². The van der Waals surface area contributed by atoms with Crippen LogP contribution in [0.1, 0.15) is 19.8 Å². The molecule has 0 aromatic rings. The summed E-state index contributed by atoms with van der Waals surface area (Å²) in [5, 5.41) is 11.9. The lowest BCUT2D eigenvalue weighted by molar-refractivity contribution is -0.143. The second kappa shape index (κ2) is 7.61. The average Bonchev–Trinajstić information content (AvgIpc) is 2.99. The van der Waals surface area contributed by atoms with Crippen LogP contribution in [0.4, 0.5) is 4.79 Å². The Kier molecular flexibility index (Phi) is 5.81. The van der Waals surface area contributed by atoms with Gasteiger partial charge in [0.1, 0.15) is 6.04 Å². The zero-order valence-corrected chi connectivity index (χ0v) is 12.8. The van der Waals surface area contributed by atoms with Gasteiger partial charge < -0.3 is 20.2 Å². The van der Waals surface area contributed by atoms with Gasteiger partial charge >= 0.3 is 12.0 Å². The van der Waals surface area contributed by atoms with Crippen molar-refractivity contribution in [3.63, 3.8) is 0 Å². The molecule has 21 heavy (non-hydrogen) atoms. The lowest BCUT2D eigenvalue weighted by atomic mass is 10.2. The molecule has 1 unspecified atom stereocenters. The minimum atomic E-state index is -0.807. The van der Waals surface area contributed by atoms with Crippen molar-refractivity contribution in [1.29, 1.82) is 0 Å². The summed E-state index contributed by atoms with van der Waals surface area (Å²) in [6, 6.07) is -0.512. The number of nitrogens with one attached hydrogen (secondary N) is 1. The molecular weight excluding hydrogens is 272 g/mol. The normalized spacial score (nSPS) is 22.2. The number of urea groups is 1. The number of piperazine rings is 1. The third kappa shape index (κ3) is 4.57. The molecule has 2 heterocycles. The zero-order chi connectivity index (χ0) is 15.2. The maximum Gasteiger partial charge on any atom is 0.320 e. The molecule has 0 saturated carbocycles. The van der Waals surface area contributed by atoms with Gasteiger partial charge in [-0.1, -0.05) is 0 Å². The van der Waals surface area contributed by atoms with E-state index in [1.165, 1.54) is 12.8 Å². The smallest absolute Gasteiger partial charge is 0.320 e. The van der Waals surface area contributed by atoms with Crippen LogP contribution in [0.25, 0.3) is 0 Å². The molecule has 7 nitrogen and oxygen atoms in total. The van der Waals surface area contributed by atoms with E-state index in [2.05, 4.69) is 10.2 Å². The summed E-state index contributed by atoms with van der Waals surface area (Å²) in [5.41, 5.74) is 0. The van der Waals surface area contributed by atoms with Crippen molar-refractivity contribution in [3.05, 3.63) is 0 Å². The van der Waals surface area contributed by atoms with Gasteiger partial charge in [-0.3, -0.25) is 9.69 Å². The van der Waals surface area contributed by atoms with E-state index in [0.717, 1.165) is 19.6 Å². The molecule has 2 N–H and O–H groups in total. The lowest BCUT2D eigenvalue weighted by Crippen LogP contribution is -2.55. The van der Waals surface area contributed by atoms with Crippen molar-refractivity contribution in [3.8, 4) is 0 Å². The Bertz CT molecular complexity index is 363. The van der Waals surface area contributed by atoms with Crippen molar-refractivity contribution in [1.82, 2.24) is 20.0 Å². The Labute approximate surface area is 125 Å². The van der Waals surface area contributed by atoms with E-state index >= 15 is 0 Å². The van der Waals surface area contributed by atoms with Crippen LogP contribution >= 0.6 is 0 Å². The van der Waals surface area contributed by atoms with E-state index < -0.39 is 12.0 Å². The average molecular weight is 298 g/mol. The summed E-state index contributed by atoms with van der Waals surface area (Å²) in [5.74, 6) is -0.807. The molecule has 0 aromatic carbocycles. The van der Waals surface area contributed by atoms with Crippen molar-refractivity contribution < 1.29 is 14.7 Å². The molecule has 0 spiro atoms. The molecule has 0 aromatic heterocycles. The molecule has 0 bridgehead atoms. The van der Waals surface area contributed by atoms with E-state index in [4.69, 9.17) is 5.11 Å². The number of amides is 2. The van der Waals surface area contributed by atoms with Crippen molar-refractivity contribution in [2.75, 3.05) is 52.4 Å². The van der Waals surface area contributed by atoms with Gasteiger partial charge in [-0.2, -0.15) is 0 Å². The fourth-order valence-corrected chi connectivity index (χ4v) is 2.91. The lowest BCUT2D eigenvalue weighted by Gasteiger charge is -2.36. The number of hydrogen-bond donors (Lipinski definition) is 2. The Morgan fingerprint density at radius 1 is 1.10 bits per heavy atom. The van der Waals surface area contributed by atoms with E-state index in [0.29, 0.717) is 32.7 Å². The van der Waals surface area contributed by atoms with Crippen molar-refractivity contribution in [2.24, 2.45) is 0 Å². The molecule has 2 amide bonds. The predicted molar refractivity (Wildman–Crippen MR) is 79.3 cm³/mol. The van der Waals surface area contributed by atoms with Crippen molar-refractivity contribution in [2.45, 2.75) is 25.8 Å². The molecule has 2 fully saturated rings. The molecular formula is C14H26N4O3. The topological polar surface area (TPSA) is 76.1 Å². The second-order valence-corrected chi connectivity index (χ2v) is 5.82. The highest BCUT2D eigenvalue weighted by molar-refractivity contribution is 5.74. The summed E-state index contributed by atoms with van der Waals surface area (Å²) in [6.45, 7) is 7.99. The fraction of sp³-hybridized carbons (Fsp3) is 0.857. The number of carbonyl (C=O) groups is 2. The molecule has 1 atom stereocenters. The first-order valence-corrected chi connectivity index (χ1v) is 7.80. The molecule has 2 rings (SSSR count). The SMILES string of the molecule is CC(C(=O)O)N1CCN(C(=O)NCCN2CCCC2)CC1. The van der Waals surface area contributed by atoms with Crippen molar-refractivity contribution >= 4 is 12.0 Å². The minimum Gasteiger partial charge on any atom is -0.480 e. The maximum absolute atomic E-state index is 12.0. The highest BCUT2D eigenvalue weighted by atomic mass is 16.4. The summed E-state index contributed by atoms with van der Waals surface area (Å²) in [7, 11) is 0. The van der Waals surface area contributed by atoms with Gasteiger partial charge in [0.2, 0.25) is 0 Å². The molecule has 0 aliphatic carbocycles. The monoisotopic (exact) mass is 298 g/mol. The van der Waals surface area contributed by atoms with Crippen LogP contribution in [-0.2, 0) is 4.79 Å². The summed E-state index contributed by atoms with van der Waals surface area (Å²) in [4.78, 5) is 29.0. The van der Waals surface area contributed by atoms with Gasteiger partial charge in [0.25, 0.3) is 0 Å². The van der Waals surface area contributed by atoms with Crippen LogP contribution in [-0.4, -0.2) is 90.2 Å². The molecule has 7 heteroatoms. The van der Waals surface area contributed by atoms with E-state index in [9.17, 15) is 9.59 Å². The third-order valence-electron chi connectivity index (χ3n) is 4.41. The number of rotatable bonds is 5. The van der Waals surface area contributed by atoms with Crippen LogP contribution in [0, 0.1) is 0 Å². The predicted octanol–water partition coefficient (Wildman–Crippen LogP) is -0.117. The van der Waals surface area contributed by atoms with E-state index in [1.807, 2.05) is 4.90 Å². The first-order chi connectivity index (χ1) is 10.1. The Hall–Kier alpha value is -1.34. The summed E-state index contributed by atoms with van der Waals surface area (Å²) in [6.07, 6.45) is 2.52. The van der Waals surface area contributed by atoms with Crippen LogP contribution in [0.2, 0.25) is 0 Å². The Morgan fingerprint density at radius 2 is 1.71 bits per heavy atom. The van der Waals surface area contributed by atoms with Gasteiger partial charge in [-0.25, -0.2) is 4.79 Å². The van der Waals surface area contributed by atoms with Gasteiger partial charge in [-0.15, -0.1) is 0 Å². The maximum atomic E-state index is 12.0. The van der Waals surface area contributed by atoms with Crippen LogP contribution in [0.15, 0.2) is 0 Å². The number of carbonyl (C=O) groups excluding carboxylic acids is 1. The van der Waals surface area contributed by atoms with Crippen LogP contribution < -0.4 is 5.32 Å². The van der Waals surface area contributed by atoms with Crippen LogP contribution in [0.5, 0.6) is 0 Å². The van der Waals surface area contributed by atoms with Crippen LogP contribution in [0.3, 0.4) is 0 Å². The largest absolute Gasteiger partial charge is 0.480 e. The second-order valence-electron chi connectivity index (χ2n) is 5.82. The summed E-state index contributed by atoms with van der Waals surface area (Å²) < 4.78 is 0. The molecule has 2 aliphatic heterocycles. The number of hydrogen-bond acceptors (Lipinski definition) is 4. The number of carboxylic acid groups (broad SMARTS) is 1. The Morgan fingerprint density at radius 3 is 2.29 bits per heavy atom. The van der Waals surface area contributed by atoms with E-state index in [-0.39, 0.29) is 6.03 Å².